The van der Waals surface area contributed by atoms with Crippen molar-refractivity contribution in [2.45, 2.75) is 33.1 Å². The van der Waals surface area contributed by atoms with Gasteiger partial charge in [0.25, 0.3) is 0 Å². The Balaban J connectivity index is 2.02. The van der Waals surface area contributed by atoms with Crippen LogP contribution < -0.4 is 10.6 Å². The first-order valence-corrected chi connectivity index (χ1v) is 6.59. The zero-order chi connectivity index (χ0) is 13.2. The monoisotopic (exact) mass is 249 g/mol. The van der Waals surface area contributed by atoms with Gasteiger partial charge in [-0.15, -0.1) is 0 Å². The van der Waals surface area contributed by atoms with Gasteiger partial charge in [-0.1, -0.05) is 19.9 Å². The Morgan fingerprint density at radius 1 is 1.33 bits per heavy atom. The summed E-state index contributed by atoms with van der Waals surface area (Å²) in [6.07, 6.45) is 6.53. The molecule has 0 spiro atoms. The lowest BCUT2D eigenvalue weighted by Crippen LogP contribution is -2.36. The molecule has 0 aliphatic heterocycles. The maximum atomic E-state index is 11.4. The number of hydrogen-bond acceptors (Lipinski definition) is 2. The largest absolute Gasteiger partial charge is 0.338 e. The van der Waals surface area contributed by atoms with E-state index in [0.29, 0.717) is 12.5 Å². The molecule has 1 aromatic rings. The first-order chi connectivity index (χ1) is 8.68. The fourth-order valence-corrected chi connectivity index (χ4v) is 1.58. The van der Waals surface area contributed by atoms with Gasteiger partial charge in [-0.05, 0) is 36.8 Å². The summed E-state index contributed by atoms with van der Waals surface area (Å²) in [6.45, 7) is 5.73. The van der Waals surface area contributed by atoms with Crippen LogP contribution in [0.4, 0.5) is 4.79 Å². The second-order valence-corrected chi connectivity index (χ2v) is 4.83. The van der Waals surface area contributed by atoms with Crippen LogP contribution in [-0.4, -0.2) is 24.1 Å². The molecule has 18 heavy (non-hydrogen) atoms. The lowest BCUT2D eigenvalue weighted by Gasteiger charge is -2.08. The van der Waals surface area contributed by atoms with Crippen molar-refractivity contribution in [1.82, 2.24) is 15.6 Å². The highest BCUT2D eigenvalue weighted by Gasteiger charge is 2.00. The Bertz CT molecular complexity index is 338. The van der Waals surface area contributed by atoms with Crippen molar-refractivity contribution in [2.75, 3.05) is 13.1 Å². The van der Waals surface area contributed by atoms with Crippen LogP contribution in [0.1, 0.15) is 32.3 Å². The van der Waals surface area contributed by atoms with E-state index in [0.717, 1.165) is 25.8 Å². The summed E-state index contributed by atoms with van der Waals surface area (Å²) in [4.78, 5) is 15.5. The highest BCUT2D eigenvalue weighted by Crippen LogP contribution is 1.99. The predicted molar refractivity (Wildman–Crippen MR) is 73.4 cm³/mol. The summed E-state index contributed by atoms with van der Waals surface area (Å²) < 4.78 is 0. The van der Waals surface area contributed by atoms with E-state index in [-0.39, 0.29) is 6.03 Å². The lowest BCUT2D eigenvalue weighted by atomic mass is 10.1. The topological polar surface area (TPSA) is 54.0 Å². The number of aryl methyl sites for hydroxylation is 1. The fourth-order valence-electron chi connectivity index (χ4n) is 1.58. The zero-order valence-electron chi connectivity index (χ0n) is 11.3. The SMILES string of the molecule is CC(C)CCNC(=O)NCCCc1cccnc1. The minimum absolute atomic E-state index is 0.0677. The van der Waals surface area contributed by atoms with Gasteiger partial charge < -0.3 is 10.6 Å². The van der Waals surface area contributed by atoms with Crippen LogP contribution in [0.5, 0.6) is 0 Å². The average molecular weight is 249 g/mol. The Morgan fingerprint density at radius 2 is 2.11 bits per heavy atom. The van der Waals surface area contributed by atoms with Crippen LogP contribution in [0.2, 0.25) is 0 Å². The van der Waals surface area contributed by atoms with Gasteiger partial charge in [-0.2, -0.15) is 0 Å². The molecular formula is C14H23N3O. The van der Waals surface area contributed by atoms with Crippen molar-refractivity contribution in [1.29, 1.82) is 0 Å². The molecule has 2 amide bonds. The third-order valence-electron chi connectivity index (χ3n) is 2.66. The van der Waals surface area contributed by atoms with Crippen molar-refractivity contribution in [3.8, 4) is 0 Å². The predicted octanol–water partition coefficient (Wildman–Crippen LogP) is 2.36. The number of carbonyl (C=O) groups is 1. The molecule has 0 bridgehead atoms. The van der Waals surface area contributed by atoms with Gasteiger partial charge in [-0.25, -0.2) is 4.79 Å². The summed E-state index contributed by atoms with van der Waals surface area (Å²) in [5, 5.41) is 5.71. The summed E-state index contributed by atoms with van der Waals surface area (Å²) in [6, 6.07) is 3.92. The van der Waals surface area contributed by atoms with E-state index < -0.39 is 0 Å². The first-order valence-electron chi connectivity index (χ1n) is 6.59. The first kappa shape index (κ1) is 14.5. The van der Waals surface area contributed by atoms with Crippen LogP contribution in [-0.2, 0) is 6.42 Å². The third-order valence-corrected chi connectivity index (χ3v) is 2.66. The van der Waals surface area contributed by atoms with Crippen molar-refractivity contribution in [3.63, 3.8) is 0 Å². The highest BCUT2D eigenvalue weighted by molar-refractivity contribution is 5.73. The number of amides is 2. The molecule has 4 nitrogen and oxygen atoms in total. The van der Waals surface area contributed by atoms with Gasteiger partial charge in [0.2, 0.25) is 0 Å². The number of nitrogens with zero attached hydrogens (tertiary/aromatic N) is 1. The van der Waals surface area contributed by atoms with Crippen LogP contribution in [0.25, 0.3) is 0 Å². The molecule has 0 radical (unpaired) electrons. The van der Waals surface area contributed by atoms with E-state index in [1.165, 1.54) is 5.56 Å². The van der Waals surface area contributed by atoms with E-state index in [2.05, 4.69) is 35.5 Å². The van der Waals surface area contributed by atoms with Crippen molar-refractivity contribution >= 4 is 6.03 Å². The van der Waals surface area contributed by atoms with Gasteiger partial charge in [0.15, 0.2) is 0 Å². The summed E-state index contributed by atoms with van der Waals surface area (Å²) in [5.74, 6) is 0.621. The number of aromatic nitrogens is 1. The number of hydrogen-bond donors (Lipinski definition) is 2. The maximum Gasteiger partial charge on any atom is 0.314 e. The number of pyridine rings is 1. The Labute approximate surface area is 109 Å². The molecule has 0 atom stereocenters. The minimum Gasteiger partial charge on any atom is -0.338 e. The Hall–Kier alpha value is -1.58. The van der Waals surface area contributed by atoms with E-state index in [4.69, 9.17) is 0 Å². The third kappa shape index (κ3) is 6.89. The van der Waals surface area contributed by atoms with Crippen LogP contribution >= 0.6 is 0 Å². The molecule has 0 aliphatic carbocycles. The van der Waals surface area contributed by atoms with Crippen LogP contribution in [0.15, 0.2) is 24.5 Å². The van der Waals surface area contributed by atoms with Gasteiger partial charge in [0, 0.05) is 25.5 Å². The molecule has 0 aromatic carbocycles. The number of nitrogens with one attached hydrogen (secondary N) is 2. The standard InChI is InChI=1S/C14H23N3O/c1-12(2)7-10-17-14(18)16-9-4-6-13-5-3-8-15-11-13/h3,5,8,11-12H,4,6-7,9-10H2,1-2H3,(H2,16,17,18). The number of rotatable bonds is 7. The highest BCUT2D eigenvalue weighted by atomic mass is 16.2. The summed E-state index contributed by atoms with van der Waals surface area (Å²) >= 11 is 0. The molecule has 0 saturated carbocycles. The molecule has 4 heteroatoms. The lowest BCUT2D eigenvalue weighted by molar-refractivity contribution is 0.240. The molecule has 100 valence electrons. The number of carbonyl (C=O) groups excluding carboxylic acids is 1. The van der Waals surface area contributed by atoms with E-state index in [1.54, 1.807) is 6.20 Å². The molecule has 2 N–H and O–H groups in total. The van der Waals surface area contributed by atoms with E-state index >= 15 is 0 Å². The molecule has 1 heterocycles. The second-order valence-electron chi connectivity index (χ2n) is 4.83. The normalized spacial score (nSPS) is 10.4. The quantitative estimate of drug-likeness (QED) is 0.729. The maximum absolute atomic E-state index is 11.4. The van der Waals surface area contributed by atoms with E-state index in [1.807, 2.05) is 12.3 Å². The Morgan fingerprint density at radius 3 is 2.78 bits per heavy atom. The van der Waals surface area contributed by atoms with Crippen molar-refractivity contribution < 1.29 is 4.79 Å². The Kier molecular flexibility index (Phi) is 6.84. The smallest absolute Gasteiger partial charge is 0.314 e. The van der Waals surface area contributed by atoms with Crippen molar-refractivity contribution in [2.24, 2.45) is 5.92 Å². The molecule has 0 fully saturated rings. The number of urea groups is 1. The minimum atomic E-state index is -0.0677. The molecule has 0 saturated heterocycles. The molecule has 0 aliphatic rings. The summed E-state index contributed by atoms with van der Waals surface area (Å²) in [7, 11) is 0. The van der Waals surface area contributed by atoms with Gasteiger partial charge in [0.05, 0.1) is 0 Å². The summed E-state index contributed by atoms with van der Waals surface area (Å²) in [5.41, 5.74) is 1.21. The van der Waals surface area contributed by atoms with Crippen molar-refractivity contribution in [3.05, 3.63) is 30.1 Å². The van der Waals surface area contributed by atoms with Crippen LogP contribution in [0.3, 0.4) is 0 Å². The van der Waals surface area contributed by atoms with Gasteiger partial charge >= 0.3 is 6.03 Å². The van der Waals surface area contributed by atoms with Crippen LogP contribution in [0, 0.1) is 5.92 Å². The van der Waals surface area contributed by atoms with E-state index in [9.17, 15) is 4.79 Å². The molecule has 0 unspecified atom stereocenters. The zero-order valence-corrected chi connectivity index (χ0v) is 11.3. The second kappa shape index (κ2) is 8.50. The van der Waals surface area contributed by atoms with Gasteiger partial charge in [-0.3, -0.25) is 4.98 Å². The molecule has 1 rings (SSSR count). The molecule has 1 aromatic heterocycles. The van der Waals surface area contributed by atoms with Gasteiger partial charge in [0.1, 0.15) is 0 Å². The molecular weight excluding hydrogens is 226 g/mol. The average Bonchev–Trinajstić information content (AvgIpc) is 2.35. The fraction of sp³-hybridized carbons (Fsp3) is 0.571.